The zero-order chi connectivity index (χ0) is 17.2. The van der Waals surface area contributed by atoms with Crippen LogP contribution in [0.15, 0.2) is 36.4 Å². The molecule has 0 N–H and O–H groups in total. The van der Waals surface area contributed by atoms with Gasteiger partial charge in [-0.05, 0) is 54.7 Å². The summed E-state index contributed by atoms with van der Waals surface area (Å²) in [5.74, 6) is 1.71. The summed E-state index contributed by atoms with van der Waals surface area (Å²) < 4.78 is 33.4. The van der Waals surface area contributed by atoms with Gasteiger partial charge in [-0.2, -0.15) is 8.42 Å². The van der Waals surface area contributed by atoms with Gasteiger partial charge in [0.15, 0.2) is 0 Å². The van der Waals surface area contributed by atoms with E-state index >= 15 is 0 Å². The molecule has 2 aromatic rings. The van der Waals surface area contributed by atoms with Crippen LogP contribution in [0.2, 0.25) is 0 Å². The van der Waals surface area contributed by atoms with E-state index in [0.717, 1.165) is 47.1 Å². The zero-order valence-corrected chi connectivity index (χ0v) is 15.0. The molecule has 0 unspecified atom stereocenters. The Labute approximate surface area is 143 Å². The van der Waals surface area contributed by atoms with Crippen LogP contribution in [0.5, 0.6) is 5.75 Å². The first kappa shape index (κ1) is 17.2. The van der Waals surface area contributed by atoms with Crippen LogP contribution in [0.1, 0.15) is 38.2 Å². The van der Waals surface area contributed by atoms with Gasteiger partial charge in [-0.25, -0.2) is 0 Å². The fraction of sp³-hybridized carbons (Fsp3) is 0.474. The molecule has 4 nitrogen and oxygen atoms in total. The molecule has 0 aliphatic heterocycles. The molecule has 0 spiro atoms. The van der Waals surface area contributed by atoms with E-state index in [9.17, 15) is 8.42 Å². The maximum Gasteiger partial charge on any atom is 0.264 e. The third-order valence-corrected chi connectivity index (χ3v) is 5.15. The molecule has 0 radical (unpaired) electrons. The second-order valence-corrected chi connectivity index (χ2v) is 8.42. The Bertz CT molecular complexity index is 805. The van der Waals surface area contributed by atoms with Crippen molar-refractivity contribution < 1.29 is 17.3 Å². The van der Waals surface area contributed by atoms with Crippen molar-refractivity contribution in [3.8, 4) is 5.75 Å². The molecule has 1 fully saturated rings. The van der Waals surface area contributed by atoms with Gasteiger partial charge in [0.2, 0.25) is 0 Å². The van der Waals surface area contributed by atoms with Gasteiger partial charge in [0.25, 0.3) is 10.1 Å². The Morgan fingerprint density at radius 3 is 2.54 bits per heavy atom. The first-order chi connectivity index (χ1) is 11.4. The van der Waals surface area contributed by atoms with Crippen molar-refractivity contribution >= 4 is 20.9 Å². The van der Waals surface area contributed by atoms with Crippen LogP contribution < -0.4 is 4.74 Å². The summed E-state index contributed by atoms with van der Waals surface area (Å²) >= 11 is 0. The molecule has 24 heavy (non-hydrogen) atoms. The van der Waals surface area contributed by atoms with Gasteiger partial charge in [0.1, 0.15) is 5.75 Å². The summed E-state index contributed by atoms with van der Waals surface area (Å²) in [5, 5.41) is 2.09. The monoisotopic (exact) mass is 348 g/mol. The SMILES string of the molecule is CS(=O)(=O)OCc1ccc2c(O[C@H]3CC[C@@H](C)CC3)cccc2c1. The largest absolute Gasteiger partial charge is 0.490 e. The molecule has 0 bridgehead atoms. The Kier molecular flexibility index (Phi) is 5.11. The summed E-state index contributed by atoms with van der Waals surface area (Å²) in [6.45, 7) is 2.36. The minimum absolute atomic E-state index is 0.0559. The lowest BCUT2D eigenvalue weighted by molar-refractivity contribution is 0.137. The molecular weight excluding hydrogens is 324 g/mol. The van der Waals surface area contributed by atoms with Gasteiger partial charge >= 0.3 is 0 Å². The molecule has 2 aromatic carbocycles. The number of benzene rings is 2. The van der Waals surface area contributed by atoms with Crippen molar-refractivity contribution in [2.45, 2.75) is 45.3 Å². The number of ether oxygens (including phenoxy) is 1. The first-order valence-corrected chi connectivity index (χ1v) is 10.2. The molecule has 3 rings (SSSR count). The molecule has 0 atom stereocenters. The van der Waals surface area contributed by atoms with Crippen molar-refractivity contribution in [2.75, 3.05) is 6.26 Å². The first-order valence-electron chi connectivity index (χ1n) is 8.43. The normalized spacial score (nSPS) is 21.8. The molecular formula is C19H24O4S. The van der Waals surface area contributed by atoms with Crippen LogP contribution in [0, 0.1) is 5.92 Å². The van der Waals surface area contributed by atoms with Gasteiger partial charge in [-0.1, -0.05) is 31.2 Å². The molecule has 130 valence electrons. The predicted molar refractivity (Wildman–Crippen MR) is 95.6 cm³/mol. The molecule has 1 aliphatic carbocycles. The third-order valence-electron chi connectivity index (χ3n) is 4.60. The van der Waals surface area contributed by atoms with E-state index in [1.807, 2.05) is 36.4 Å². The highest BCUT2D eigenvalue weighted by Crippen LogP contribution is 2.31. The summed E-state index contributed by atoms with van der Waals surface area (Å²) in [6.07, 6.45) is 6.02. The van der Waals surface area contributed by atoms with Crippen LogP contribution in [0.25, 0.3) is 10.8 Å². The van der Waals surface area contributed by atoms with Gasteiger partial charge < -0.3 is 4.74 Å². The molecule has 0 aromatic heterocycles. The molecule has 0 heterocycles. The van der Waals surface area contributed by atoms with Crippen LogP contribution in [0.3, 0.4) is 0 Å². The fourth-order valence-corrected chi connectivity index (χ4v) is 3.55. The van der Waals surface area contributed by atoms with Crippen molar-refractivity contribution in [3.05, 3.63) is 42.0 Å². The predicted octanol–water partition coefficient (Wildman–Crippen LogP) is 4.27. The molecule has 0 amide bonds. The van der Waals surface area contributed by atoms with Crippen molar-refractivity contribution in [2.24, 2.45) is 5.92 Å². The quantitative estimate of drug-likeness (QED) is 0.757. The maximum atomic E-state index is 11.1. The van der Waals surface area contributed by atoms with E-state index < -0.39 is 10.1 Å². The standard InChI is InChI=1S/C19H24O4S/c1-14-6-9-17(10-7-14)23-19-5-3-4-16-12-15(8-11-18(16)19)13-22-24(2,20)21/h3-5,8,11-12,14,17H,6-7,9-10,13H2,1-2H3/t14-,17+. The molecule has 0 saturated heterocycles. The summed E-state index contributed by atoms with van der Waals surface area (Å²) in [5.41, 5.74) is 0.830. The second kappa shape index (κ2) is 7.11. The Morgan fingerprint density at radius 1 is 1.08 bits per heavy atom. The lowest BCUT2D eigenvalue weighted by Gasteiger charge is -2.27. The van der Waals surface area contributed by atoms with Crippen LogP contribution in [0.4, 0.5) is 0 Å². The number of hydrogen-bond acceptors (Lipinski definition) is 4. The molecule has 1 aliphatic rings. The van der Waals surface area contributed by atoms with E-state index in [-0.39, 0.29) is 6.61 Å². The Balaban J connectivity index is 1.77. The van der Waals surface area contributed by atoms with Gasteiger partial charge in [-0.3, -0.25) is 4.18 Å². The van der Waals surface area contributed by atoms with E-state index in [0.29, 0.717) is 6.10 Å². The van der Waals surface area contributed by atoms with Gasteiger partial charge in [0.05, 0.1) is 19.0 Å². The van der Waals surface area contributed by atoms with E-state index in [4.69, 9.17) is 8.92 Å². The Morgan fingerprint density at radius 2 is 1.83 bits per heavy atom. The van der Waals surface area contributed by atoms with Gasteiger partial charge in [0, 0.05) is 5.39 Å². The fourth-order valence-electron chi connectivity index (χ4n) is 3.20. The van der Waals surface area contributed by atoms with Crippen LogP contribution >= 0.6 is 0 Å². The topological polar surface area (TPSA) is 52.6 Å². The summed E-state index contributed by atoms with van der Waals surface area (Å²) in [7, 11) is -3.43. The Hall–Kier alpha value is -1.59. The van der Waals surface area contributed by atoms with Crippen molar-refractivity contribution in [1.29, 1.82) is 0 Å². The minimum atomic E-state index is -3.43. The maximum absolute atomic E-state index is 11.1. The number of fused-ring (bicyclic) bond motifs is 1. The average molecular weight is 348 g/mol. The van der Waals surface area contributed by atoms with Crippen LogP contribution in [-0.4, -0.2) is 20.8 Å². The third kappa shape index (κ3) is 4.48. The van der Waals surface area contributed by atoms with E-state index in [2.05, 4.69) is 6.92 Å². The smallest absolute Gasteiger partial charge is 0.264 e. The average Bonchev–Trinajstić information content (AvgIpc) is 2.54. The zero-order valence-electron chi connectivity index (χ0n) is 14.2. The van der Waals surface area contributed by atoms with Crippen LogP contribution in [-0.2, 0) is 20.9 Å². The highest BCUT2D eigenvalue weighted by Gasteiger charge is 2.20. The van der Waals surface area contributed by atoms with E-state index in [1.54, 1.807) is 0 Å². The lowest BCUT2D eigenvalue weighted by atomic mass is 9.89. The van der Waals surface area contributed by atoms with Crippen molar-refractivity contribution in [3.63, 3.8) is 0 Å². The second-order valence-electron chi connectivity index (χ2n) is 6.78. The highest BCUT2D eigenvalue weighted by atomic mass is 32.2. The van der Waals surface area contributed by atoms with Gasteiger partial charge in [-0.15, -0.1) is 0 Å². The number of hydrogen-bond donors (Lipinski definition) is 0. The molecule has 1 saturated carbocycles. The summed E-state index contributed by atoms with van der Waals surface area (Å²) in [6, 6.07) is 11.8. The number of rotatable bonds is 5. The lowest BCUT2D eigenvalue weighted by Crippen LogP contribution is -2.23. The minimum Gasteiger partial charge on any atom is -0.490 e. The summed E-state index contributed by atoms with van der Waals surface area (Å²) in [4.78, 5) is 0. The molecule has 5 heteroatoms. The highest BCUT2D eigenvalue weighted by molar-refractivity contribution is 7.85. The van der Waals surface area contributed by atoms with E-state index in [1.165, 1.54) is 12.8 Å². The van der Waals surface area contributed by atoms with Crippen molar-refractivity contribution in [1.82, 2.24) is 0 Å².